The van der Waals surface area contributed by atoms with Gasteiger partial charge in [-0.2, -0.15) is 0 Å². The summed E-state index contributed by atoms with van der Waals surface area (Å²) in [5, 5.41) is 2.74. The molecule has 0 bridgehead atoms. The third-order valence-corrected chi connectivity index (χ3v) is 4.64. The molecular formula is C20H21FN4O2. The molecule has 140 valence electrons. The van der Waals surface area contributed by atoms with Crippen molar-refractivity contribution in [3.05, 3.63) is 60.2 Å². The van der Waals surface area contributed by atoms with Gasteiger partial charge in [-0.3, -0.25) is 14.6 Å². The zero-order chi connectivity index (χ0) is 18.6. The van der Waals surface area contributed by atoms with Crippen LogP contribution in [-0.2, 0) is 11.3 Å². The normalized spacial score (nSPS) is 15.9. The van der Waals surface area contributed by atoms with Crippen LogP contribution in [0.4, 0.5) is 10.1 Å². The molecule has 0 unspecified atom stereocenters. The summed E-state index contributed by atoms with van der Waals surface area (Å²) in [5.74, 6) is 0.224. The molecule has 7 heteroatoms. The highest BCUT2D eigenvalue weighted by atomic mass is 19.1. The van der Waals surface area contributed by atoms with Gasteiger partial charge in [0.2, 0.25) is 11.8 Å². The summed E-state index contributed by atoms with van der Waals surface area (Å²) in [5.41, 5.74) is 2.16. The number of carbonyl (C=O) groups excluding carboxylic acids is 1. The minimum Gasteiger partial charge on any atom is -0.439 e. The van der Waals surface area contributed by atoms with Crippen LogP contribution in [0.25, 0.3) is 11.1 Å². The van der Waals surface area contributed by atoms with Crippen LogP contribution < -0.4 is 5.32 Å². The number of halogens is 1. The van der Waals surface area contributed by atoms with Crippen LogP contribution in [0.15, 0.2) is 52.9 Å². The van der Waals surface area contributed by atoms with E-state index in [9.17, 15) is 9.18 Å². The number of piperazine rings is 1. The Morgan fingerprint density at radius 3 is 2.63 bits per heavy atom. The predicted octanol–water partition coefficient (Wildman–Crippen LogP) is 2.72. The van der Waals surface area contributed by atoms with E-state index in [1.807, 2.05) is 24.3 Å². The van der Waals surface area contributed by atoms with E-state index in [0.717, 1.165) is 37.3 Å². The van der Waals surface area contributed by atoms with Gasteiger partial charge < -0.3 is 9.73 Å². The lowest BCUT2D eigenvalue weighted by atomic mass is 10.3. The quantitative estimate of drug-likeness (QED) is 0.750. The fraction of sp³-hybridized carbons (Fsp3) is 0.300. The summed E-state index contributed by atoms with van der Waals surface area (Å²) in [6.45, 7) is 4.22. The van der Waals surface area contributed by atoms with Crippen LogP contribution in [0.5, 0.6) is 0 Å². The molecule has 27 heavy (non-hydrogen) atoms. The first-order chi connectivity index (χ1) is 13.2. The van der Waals surface area contributed by atoms with Gasteiger partial charge in [0, 0.05) is 31.9 Å². The zero-order valence-electron chi connectivity index (χ0n) is 14.9. The Morgan fingerprint density at radius 1 is 1.07 bits per heavy atom. The maximum Gasteiger partial charge on any atom is 0.238 e. The Morgan fingerprint density at radius 2 is 1.85 bits per heavy atom. The number of amides is 1. The van der Waals surface area contributed by atoms with Crippen LogP contribution in [0, 0.1) is 5.82 Å². The van der Waals surface area contributed by atoms with Crippen molar-refractivity contribution in [1.82, 2.24) is 14.8 Å². The Kier molecular flexibility index (Phi) is 5.13. The molecule has 1 aliphatic heterocycles. The fourth-order valence-electron chi connectivity index (χ4n) is 3.25. The van der Waals surface area contributed by atoms with Gasteiger partial charge in [0.15, 0.2) is 5.58 Å². The van der Waals surface area contributed by atoms with Gasteiger partial charge in [-0.1, -0.05) is 18.2 Å². The molecule has 2 heterocycles. The highest BCUT2D eigenvalue weighted by Gasteiger charge is 2.20. The van der Waals surface area contributed by atoms with E-state index in [4.69, 9.17) is 4.42 Å². The summed E-state index contributed by atoms with van der Waals surface area (Å²) in [4.78, 5) is 21.0. The van der Waals surface area contributed by atoms with Crippen LogP contribution in [0.1, 0.15) is 5.89 Å². The lowest BCUT2D eigenvalue weighted by molar-refractivity contribution is -0.117. The first-order valence-corrected chi connectivity index (χ1v) is 9.00. The van der Waals surface area contributed by atoms with E-state index in [0.29, 0.717) is 24.7 Å². The largest absolute Gasteiger partial charge is 0.439 e. The average molecular weight is 368 g/mol. The number of hydrogen-bond acceptors (Lipinski definition) is 5. The summed E-state index contributed by atoms with van der Waals surface area (Å²) >= 11 is 0. The first kappa shape index (κ1) is 17.6. The number of nitrogens with zero attached hydrogens (tertiary/aromatic N) is 3. The lowest BCUT2D eigenvalue weighted by Gasteiger charge is -2.33. The van der Waals surface area contributed by atoms with Gasteiger partial charge in [-0.05, 0) is 30.3 Å². The second kappa shape index (κ2) is 7.85. The van der Waals surface area contributed by atoms with Gasteiger partial charge >= 0.3 is 0 Å². The number of hydrogen-bond donors (Lipinski definition) is 1. The van der Waals surface area contributed by atoms with Gasteiger partial charge in [-0.25, -0.2) is 9.37 Å². The van der Waals surface area contributed by atoms with Crippen LogP contribution in [0.3, 0.4) is 0 Å². The van der Waals surface area contributed by atoms with Crippen molar-refractivity contribution in [2.75, 3.05) is 38.0 Å². The number of benzene rings is 2. The topological polar surface area (TPSA) is 61.6 Å². The second-order valence-corrected chi connectivity index (χ2v) is 6.69. The lowest BCUT2D eigenvalue weighted by Crippen LogP contribution is -2.48. The van der Waals surface area contributed by atoms with Gasteiger partial charge in [0.05, 0.1) is 13.1 Å². The number of para-hydroxylation sites is 2. The summed E-state index contributed by atoms with van der Waals surface area (Å²) in [7, 11) is 0. The minimum absolute atomic E-state index is 0.131. The number of aromatic nitrogens is 1. The molecule has 0 atom stereocenters. The van der Waals surface area contributed by atoms with E-state index in [1.54, 1.807) is 12.1 Å². The molecule has 4 rings (SSSR count). The molecule has 1 aliphatic rings. The van der Waals surface area contributed by atoms with Crippen molar-refractivity contribution in [2.45, 2.75) is 6.54 Å². The summed E-state index contributed by atoms with van der Waals surface area (Å²) in [6.07, 6.45) is 0. The highest BCUT2D eigenvalue weighted by Crippen LogP contribution is 2.17. The minimum atomic E-state index is -0.361. The molecule has 1 amide bonds. The van der Waals surface area contributed by atoms with Gasteiger partial charge in [0.25, 0.3) is 0 Å². The average Bonchev–Trinajstić information content (AvgIpc) is 3.05. The number of anilines is 1. The van der Waals surface area contributed by atoms with E-state index in [2.05, 4.69) is 20.1 Å². The van der Waals surface area contributed by atoms with Gasteiger partial charge in [-0.15, -0.1) is 0 Å². The number of nitrogens with one attached hydrogen (secondary N) is 1. The third-order valence-electron chi connectivity index (χ3n) is 4.64. The zero-order valence-corrected chi connectivity index (χ0v) is 14.9. The molecule has 2 aromatic carbocycles. The molecule has 0 saturated carbocycles. The van der Waals surface area contributed by atoms with E-state index >= 15 is 0 Å². The summed E-state index contributed by atoms with van der Waals surface area (Å²) < 4.78 is 19.0. The SMILES string of the molecule is O=C(CN1CCN(Cc2nc3ccccc3o2)CC1)Nc1cccc(F)c1. The Labute approximate surface area is 156 Å². The number of oxazole rings is 1. The molecule has 1 N–H and O–H groups in total. The van der Waals surface area contributed by atoms with Crippen molar-refractivity contribution in [2.24, 2.45) is 0 Å². The number of carbonyl (C=O) groups is 1. The molecule has 1 aromatic heterocycles. The standard InChI is InChI=1S/C20H21FN4O2/c21-15-4-3-5-16(12-15)22-19(26)13-24-8-10-25(11-9-24)14-20-23-17-6-1-2-7-18(17)27-20/h1-7,12H,8-11,13-14H2,(H,22,26). The Bertz CT molecular complexity index is 901. The summed E-state index contributed by atoms with van der Waals surface area (Å²) in [6, 6.07) is 13.7. The van der Waals surface area contributed by atoms with Crippen molar-refractivity contribution in [3.8, 4) is 0 Å². The monoisotopic (exact) mass is 368 g/mol. The second-order valence-electron chi connectivity index (χ2n) is 6.69. The molecule has 0 aliphatic carbocycles. The van der Waals surface area contributed by atoms with E-state index in [-0.39, 0.29) is 11.7 Å². The maximum absolute atomic E-state index is 13.2. The van der Waals surface area contributed by atoms with Gasteiger partial charge in [0.1, 0.15) is 11.3 Å². The smallest absolute Gasteiger partial charge is 0.238 e. The molecule has 0 radical (unpaired) electrons. The highest BCUT2D eigenvalue weighted by molar-refractivity contribution is 5.92. The molecule has 1 fully saturated rings. The molecule has 6 nitrogen and oxygen atoms in total. The van der Waals surface area contributed by atoms with Crippen LogP contribution >= 0.6 is 0 Å². The molecular weight excluding hydrogens is 347 g/mol. The fourth-order valence-corrected chi connectivity index (χ4v) is 3.25. The van der Waals surface area contributed by atoms with E-state index < -0.39 is 0 Å². The molecule has 0 spiro atoms. The number of rotatable bonds is 5. The number of fused-ring (bicyclic) bond motifs is 1. The predicted molar refractivity (Wildman–Crippen MR) is 101 cm³/mol. The van der Waals surface area contributed by atoms with E-state index in [1.165, 1.54) is 12.1 Å². The third kappa shape index (κ3) is 4.50. The first-order valence-electron chi connectivity index (χ1n) is 9.00. The van der Waals surface area contributed by atoms with Crippen molar-refractivity contribution >= 4 is 22.7 Å². The Hall–Kier alpha value is -2.77. The van der Waals surface area contributed by atoms with Crippen molar-refractivity contribution in [3.63, 3.8) is 0 Å². The van der Waals surface area contributed by atoms with Crippen LogP contribution in [0.2, 0.25) is 0 Å². The maximum atomic E-state index is 13.2. The Balaban J connectivity index is 1.25. The van der Waals surface area contributed by atoms with Crippen LogP contribution in [-0.4, -0.2) is 53.4 Å². The van der Waals surface area contributed by atoms with Crippen molar-refractivity contribution in [1.29, 1.82) is 0 Å². The van der Waals surface area contributed by atoms with Crippen molar-refractivity contribution < 1.29 is 13.6 Å². The molecule has 1 saturated heterocycles. The molecule has 3 aromatic rings.